The summed E-state index contributed by atoms with van der Waals surface area (Å²) in [5.74, 6) is -1.57. The minimum atomic E-state index is -0.448. The van der Waals surface area contributed by atoms with Gasteiger partial charge in [-0.15, -0.1) is 0 Å². The van der Waals surface area contributed by atoms with Crippen LogP contribution in [-0.2, 0) is 14.3 Å². The number of carbonyl (C=O) groups excluding carboxylic acids is 2. The lowest BCUT2D eigenvalue weighted by Gasteiger charge is -2.22. The summed E-state index contributed by atoms with van der Waals surface area (Å²) < 4.78 is 4.57. The van der Waals surface area contributed by atoms with Crippen molar-refractivity contribution in [1.29, 1.82) is 0 Å². The van der Waals surface area contributed by atoms with Crippen LogP contribution in [0.4, 0.5) is 0 Å². The number of ether oxygens (including phenoxy) is 1. The Labute approximate surface area is 76.1 Å². The summed E-state index contributed by atoms with van der Waals surface area (Å²) in [5.41, 5.74) is 0.680. The molecule has 3 heteroatoms. The van der Waals surface area contributed by atoms with Gasteiger partial charge in [0.15, 0.2) is 0 Å². The first-order valence-electron chi connectivity index (χ1n) is 4.24. The fourth-order valence-electron chi connectivity index (χ4n) is 1.91. The van der Waals surface area contributed by atoms with E-state index >= 15 is 0 Å². The monoisotopic (exact) mass is 178 g/mol. The summed E-state index contributed by atoms with van der Waals surface area (Å²) in [5, 5.41) is 0. The van der Waals surface area contributed by atoms with Crippen molar-refractivity contribution in [3.8, 4) is 0 Å². The van der Waals surface area contributed by atoms with Crippen LogP contribution >= 0.6 is 0 Å². The molecule has 0 amide bonds. The molecule has 13 heavy (non-hydrogen) atoms. The zero-order valence-corrected chi connectivity index (χ0v) is 7.32. The Kier molecular flexibility index (Phi) is 1.62. The van der Waals surface area contributed by atoms with E-state index in [1.54, 1.807) is 6.08 Å². The molecule has 68 valence electrons. The highest BCUT2D eigenvalue weighted by atomic mass is 16.6. The third-order valence-corrected chi connectivity index (χ3v) is 2.67. The molecule has 1 saturated heterocycles. The number of allylic oxidation sites excluding steroid dienone is 2. The van der Waals surface area contributed by atoms with E-state index in [1.807, 2.05) is 13.0 Å². The Hall–Kier alpha value is -1.38. The van der Waals surface area contributed by atoms with Crippen LogP contribution in [0.15, 0.2) is 24.3 Å². The number of carbonyl (C=O) groups is 2. The van der Waals surface area contributed by atoms with Crippen molar-refractivity contribution in [3.63, 3.8) is 0 Å². The van der Waals surface area contributed by atoms with E-state index in [9.17, 15) is 9.59 Å². The van der Waals surface area contributed by atoms with E-state index in [4.69, 9.17) is 0 Å². The Balaban J connectivity index is 2.43. The first kappa shape index (κ1) is 8.23. The van der Waals surface area contributed by atoms with E-state index in [-0.39, 0.29) is 11.8 Å². The van der Waals surface area contributed by atoms with Gasteiger partial charge in [-0.05, 0) is 11.5 Å². The van der Waals surface area contributed by atoms with Crippen molar-refractivity contribution in [3.05, 3.63) is 24.3 Å². The molecule has 1 fully saturated rings. The minimum absolute atomic E-state index is 0.0643. The highest BCUT2D eigenvalue weighted by Gasteiger charge is 2.48. The molecule has 0 radical (unpaired) electrons. The fraction of sp³-hybridized carbons (Fsp3) is 0.400. The molecule has 1 heterocycles. The summed E-state index contributed by atoms with van der Waals surface area (Å²) in [4.78, 5) is 22.5. The third kappa shape index (κ3) is 1.03. The Bertz CT molecular complexity index is 327. The Morgan fingerprint density at radius 2 is 2.08 bits per heavy atom. The van der Waals surface area contributed by atoms with Crippen LogP contribution < -0.4 is 0 Å². The van der Waals surface area contributed by atoms with Gasteiger partial charge in [0.1, 0.15) is 0 Å². The molecule has 0 aromatic heterocycles. The summed E-state index contributed by atoms with van der Waals surface area (Å²) in [6.45, 7) is 5.64. The molecule has 0 bridgehead atoms. The number of esters is 2. The highest BCUT2D eigenvalue weighted by Crippen LogP contribution is 2.38. The van der Waals surface area contributed by atoms with Crippen molar-refractivity contribution in [2.24, 2.45) is 17.8 Å². The maximum atomic E-state index is 11.3. The van der Waals surface area contributed by atoms with Gasteiger partial charge in [0.25, 0.3) is 0 Å². The first-order valence-corrected chi connectivity index (χ1v) is 4.24. The lowest BCUT2D eigenvalue weighted by Crippen LogP contribution is -2.27. The van der Waals surface area contributed by atoms with Crippen LogP contribution in [0.5, 0.6) is 0 Å². The van der Waals surface area contributed by atoms with Gasteiger partial charge in [0.2, 0.25) is 0 Å². The standard InChI is InChI=1S/C10H10O3/c1-5-3-4-6(2)8-7(5)9(11)13-10(8)12/h3-4,6-8H,1H2,2H3/t6?,7-,8?/m0/s1. The molecule has 2 rings (SSSR count). The summed E-state index contributed by atoms with van der Waals surface area (Å²) >= 11 is 0. The highest BCUT2D eigenvalue weighted by molar-refractivity contribution is 5.99. The summed E-state index contributed by atoms with van der Waals surface area (Å²) in [7, 11) is 0. The molecule has 2 aliphatic rings. The lowest BCUT2D eigenvalue weighted by molar-refractivity contribution is -0.153. The number of hydrogen-bond acceptors (Lipinski definition) is 3. The van der Waals surface area contributed by atoms with Gasteiger partial charge in [0.05, 0.1) is 11.8 Å². The predicted octanol–water partition coefficient (Wildman–Crippen LogP) is 1.06. The molecule has 0 saturated carbocycles. The molecule has 3 nitrogen and oxygen atoms in total. The molecule has 1 aliphatic heterocycles. The number of fused-ring (bicyclic) bond motifs is 1. The maximum Gasteiger partial charge on any atom is 0.321 e. The molecular weight excluding hydrogens is 168 g/mol. The summed E-state index contributed by atoms with van der Waals surface area (Å²) in [6, 6.07) is 0. The van der Waals surface area contributed by atoms with Gasteiger partial charge in [0, 0.05) is 0 Å². The quantitative estimate of drug-likeness (QED) is 0.411. The minimum Gasteiger partial charge on any atom is -0.392 e. The maximum absolute atomic E-state index is 11.3. The van der Waals surface area contributed by atoms with Gasteiger partial charge >= 0.3 is 11.9 Å². The number of rotatable bonds is 0. The van der Waals surface area contributed by atoms with Crippen molar-refractivity contribution >= 4 is 11.9 Å². The van der Waals surface area contributed by atoms with E-state index in [2.05, 4.69) is 11.3 Å². The molecule has 3 atom stereocenters. The van der Waals surface area contributed by atoms with Crippen LogP contribution in [0.3, 0.4) is 0 Å². The zero-order chi connectivity index (χ0) is 9.59. The molecular formula is C10H10O3. The van der Waals surface area contributed by atoms with Gasteiger partial charge in [-0.1, -0.05) is 25.7 Å². The lowest BCUT2D eigenvalue weighted by atomic mass is 9.76. The smallest absolute Gasteiger partial charge is 0.321 e. The van der Waals surface area contributed by atoms with Crippen LogP contribution in [0.2, 0.25) is 0 Å². The van der Waals surface area contributed by atoms with Gasteiger partial charge < -0.3 is 4.74 Å². The average Bonchev–Trinajstić information content (AvgIpc) is 2.36. The zero-order valence-electron chi connectivity index (χ0n) is 7.32. The van der Waals surface area contributed by atoms with Crippen LogP contribution in [-0.4, -0.2) is 11.9 Å². The topological polar surface area (TPSA) is 43.4 Å². The van der Waals surface area contributed by atoms with E-state index in [0.29, 0.717) is 5.57 Å². The number of cyclic esters (lactones) is 2. The van der Waals surface area contributed by atoms with Crippen molar-refractivity contribution < 1.29 is 14.3 Å². The average molecular weight is 178 g/mol. The van der Waals surface area contributed by atoms with E-state index in [1.165, 1.54) is 0 Å². The van der Waals surface area contributed by atoms with Gasteiger partial charge in [-0.25, -0.2) is 0 Å². The molecule has 2 unspecified atom stereocenters. The third-order valence-electron chi connectivity index (χ3n) is 2.67. The first-order chi connectivity index (χ1) is 6.11. The van der Waals surface area contributed by atoms with Crippen LogP contribution in [0.1, 0.15) is 6.92 Å². The normalized spacial score (nSPS) is 37.6. The molecule has 1 aliphatic carbocycles. The molecule has 0 spiro atoms. The van der Waals surface area contributed by atoms with E-state index in [0.717, 1.165) is 0 Å². The van der Waals surface area contributed by atoms with Gasteiger partial charge in [-0.3, -0.25) is 9.59 Å². The largest absolute Gasteiger partial charge is 0.392 e. The van der Waals surface area contributed by atoms with Crippen molar-refractivity contribution in [1.82, 2.24) is 0 Å². The molecule has 0 N–H and O–H groups in total. The summed E-state index contributed by atoms with van der Waals surface area (Å²) in [6.07, 6.45) is 3.69. The second-order valence-corrected chi connectivity index (χ2v) is 3.54. The van der Waals surface area contributed by atoms with Crippen molar-refractivity contribution in [2.75, 3.05) is 0 Å². The second-order valence-electron chi connectivity index (χ2n) is 3.54. The van der Waals surface area contributed by atoms with Crippen LogP contribution in [0.25, 0.3) is 0 Å². The molecule has 0 aromatic carbocycles. The molecule has 0 aromatic rings. The Morgan fingerprint density at radius 1 is 1.38 bits per heavy atom. The predicted molar refractivity (Wildman–Crippen MR) is 45.5 cm³/mol. The fourth-order valence-corrected chi connectivity index (χ4v) is 1.91. The van der Waals surface area contributed by atoms with E-state index < -0.39 is 17.9 Å². The van der Waals surface area contributed by atoms with Gasteiger partial charge in [-0.2, -0.15) is 0 Å². The SMILES string of the molecule is C=C1C=CC(C)C2C(=O)OC(=O)[C@@H]12. The van der Waals surface area contributed by atoms with Crippen LogP contribution in [0, 0.1) is 17.8 Å². The number of hydrogen-bond donors (Lipinski definition) is 0. The van der Waals surface area contributed by atoms with Crippen molar-refractivity contribution in [2.45, 2.75) is 6.92 Å². The second kappa shape index (κ2) is 2.55. The Morgan fingerprint density at radius 3 is 2.69 bits per heavy atom.